The molecule has 4 N–H and O–H groups in total. The fourth-order valence-corrected chi connectivity index (χ4v) is 2.45. The van der Waals surface area contributed by atoms with Gasteiger partial charge >= 0.3 is 5.97 Å². The number of anilines is 1. The summed E-state index contributed by atoms with van der Waals surface area (Å²) in [5.41, 5.74) is 4.98. The number of benzene rings is 1. The predicted molar refractivity (Wildman–Crippen MR) is 87.7 cm³/mol. The summed E-state index contributed by atoms with van der Waals surface area (Å²) >= 11 is 0. The van der Waals surface area contributed by atoms with Crippen molar-refractivity contribution < 1.29 is 13.9 Å². The zero-order chi connectivity index (χ0) is 17.1. The maximum atomic E-state index is 13.8. The minimum Gasteiger partial charge on any atom is -0.457 e. The number of hydrogen-bond acceptors (Lipinski definition) is 5. The molecule has 23 heavy (non-hydrogen) atoms. The molecule has 1 heterocycles. The molecule has 1 aromatic carbocycles. The highest BCUT2D eigenvalue weighted by Crippen LogP contribution is 2.22. The predicted octanol–water partition coefficient (Wildman–Crippen LogP) is 2.43. The highest BCUT2D eigenvalue weighted by molar-refractivity contribution is 5.81. The summed E-state index contributed by atoms with van der Waals surface area (Å²) in [5.74, 6) is -0.686. The quantitative estimate of drug-likeness (QED) is 0.573. The van der Waals surface area contributed by atoms with Crippen molar-refractivity contribution in [3.8, 4) is 0 Å². The zero-order valence-corrected chi connectivity index (χ0v) is 13.8. The molecule has 0 amide bonds. The maximum Gasteiger partial charge on any atom is 0.353 e. The largest absolute Gasteiger partial charge is 0.457 e. The van der Waals surface area contributed by atoms with E-state index in [4.69, 9.17) is 10.5 Å². The minimum absolute atomic E-state index is 0.318. The Bertz CT molecular complexity index is 600. The summed E-state index contributed by atoms with van der Waals surface area (Å²) in [7, 11) is 0. The molecule has 2 rings (SSSR count). The SMILES string of the molecule is CC(C)(C)OC(=O)C1(CCCc2ccc(N)cc2F)NC=CN1. The second-order valence-electron chi connectivity index (χ2n) is 6.73. The maximum absolute atomic E-state index is 13.8. The molecule has 0 atom stereocenters. The van der Waals surface area contributed by atoms with Crippen LogP contribution in [0.2, 0.25) is 0 Å². The molecule has 0 unspecified atom stereocenters. The van der Waals surface area contributed by atoms with E-state index in [0.29, 0.717) is 30.5 Å². The van der Waals surface area contributed by atoms with Crippen LogP contribution in [0.1, 0.15) is 39.2 Å². The Labute approximate surface area is 136 Å². The van der Waals surface area contributed by atoms with E-state index in [-0.39, 0.29) is 11.8 Å². The lowest BCUT2D eigenvalue weighted by Gasteiger charge is -2.32. The average molecular weight is 321 g/mol. The van der Waals surface area contributed by atoms with Crippen molar-refractivity contribution in [2.24, 2.45) is 0 Å². The number of carbonyl (C=O) groups is 1. The molecule has 0 aliphatic carbocycles. The Morgan fingerprint density at radius 2 is 1.96 bits per heavy atom. The van der Waals surface area contributed by atoms with Gasteiger partial charge in [0.15, 0.2) is 0 Å². The highest BCUT2D eigenvalue weighted by Gasteiger charge is 2.41. The summed E-state index contributed by atoms with van der Waals surface area (Å²) in [6, 6.07) is 4.67. The van der Waals surface area contributed by atoms with Crippen LogP contribution in [0.5, 0.6) is 0 Å². The summed E-state index contributed by atoms with van der Waals surface area (Å²) in [4.78, 5) is 12.5. The number of nitrogens with two attached hydrogens (primary N) is 1. The Morgan fingerprint density at radius 3 is 2.52 bits per heavy atom. The van der Waals surface area contributed by atoms with Crippen molar-refractivity contribution in [2.45, 2.75) is 51.3 Å². The molecule has 0 radical (unpaired) electrons. The van der Waals surface area contributed by atoms with Crippen molar-refractivity contribution in [2.75, 3.05) is 5.73 Å². The van der Waals surface area contributed by atoms with Crippen LogP contribution in [0.3, 0.4) is 0 Å². The Hall–Kier alpha value is -2.24. The van der Waals surface area contributed by atoms with E-state index in [2.05, 4.69) is 10.6 Å². The van der Waals surface area contributed by atoms with E-state index >= 15 is 0 Å². The van der Waals surface area contributed by atoms with E-state index in [1.165, 1.54) is 6.07 Å². The smallest absolute Gasteiger partial charge is 0.353 e. The minimum atomic E-state index is -0.989. The fraction of sp³-hybridized carbons (Fsp3) is 0.471. The number of rotatable bonds is 5. The Balaban J connectivity index is 1.99. The monoisotopic (exact) mass is 321 g/mol. The topological polar surface area (TPSA) is 76.4 Å². The van der Waals surface area contributed by atoms with E-state index in [1.54, 1.807) is 24.5 Å². The molecule has 1 aliphatic rings. The first-order valence-corrected chi connectivity index (χ1v) is 7.70. The van der Waals surface area contributed by atoms with Gasteiger partial charge < -0.3 is 21.1 Å². The summed E-state index contributed by atoms with van der Waals surface area (Å²) < 4.78 is 19.3. The van der Waals surface area contributed by atoms with Gasteiger partial charge in [-0.1, -0.05) is 6.07 Å². The van der Waals surface area contributed by atoms with Gasteiger partial charge in [-0.15, -0.1) is 0 Å². The van der Waals surface area contributed by atoms with Gasteiger partial charge in [-0.25, -0.2) is 9.18 Å². The molecular weight excluding hydrogens is 297 g/mol. The lowest BCUT2D eigenvalue weighted by Crippen LogP contribution is -2.58. The van der Waals surface area contributed by atoms with Gasteiger partial charge in [-0.2, -0.15) is 0 Å². The third-order valence-corrected chi connectivity index (χ3v) is 3.57. The number of hydrogen-bond donors (Lipinski definition) is 3. The zero-order valence-electron chi connectivity index (χ0n) is 13.8. The summed E-state index contributed by atoms with van der Waals surface area (Å²) in [6.45, 7) is 5.47. The normalized spacial score (nSPS) is 15.8. The van der Waals surface area contributed by atoms with Gasteiger partial charge in [0.05, 0.1) is 0 Å². The van der Waals surface area contributed by atoms with Crippen LogP contribution in [0.4, 0.5) is 10.1 Å². The second kappa shape index (κ2) is 6.48. The molecule has 5 nitrogen and oxygen atoms in total. The van der Waals surface area contributed by atoms with E-state index in [0.717, 1.165) is 0 Å². The van der Waals surface area contributed by atoms with Crippen LogP contribution in [0.15, 0.2) is 30.6 Å². The molecule has 0 bridgehead atoms. The number of halogens is 1. The van der Waals surface area contributed by atoms with Crippen LogP contribution in [-0.2, 0) is 16.0 Å². The van der Waals surface area contributed by atoms with Crippen LogP contribution in [0, 0.1) is 5.82 Å². The number of carbonyl (C=O) groups excluding carboxylic acids is 1. The lowest BCUT2D eigenvalue weighted by atomic mass is 9.99. The lowest BCUT2D eigenvalue weighted by molar-refractivity contribution is -0.164. The van der Waals surface area contributed by atoms with Gasteiger partial charge in [-0.3, -0.25) is 0 Å². The van der Waals surface area contributed by atoms with Gasteiger partial charge in [-0.05, 0) is 51.3 Å². The number of aryl methyl sites for hydroxylation is 1. The Morgan fingerprint density at radius 1 is 1.30 bits per heavy atom. The molecule has 0 fully saturated rings. The van der Waals surface area contributed by atoms with Gasteiger partial charge in [0.1, 0.15) is 11.4 Å². The number of nitrogens with one attached hydrogen (secondary N) is 2. The van der Waals surface area contributed by atoms with E-state index in [9.17, 15) is 9.18 Å². The van der Waals surface area contributed by atoms with Crippen molar-refractivity contribution >= 4 is 11.7 Å². The van der Waals surface area contributed by atoms with Crippen LogP contribution in [0.25, 0.3) is 0 Å². The third kappa shape index (κ3) is 4.37. The molecule has 0 spiro atoms. The molecular formula is C17H24FN3O2. The molecule has 1 aromatic rings. The molecule has 1 aliphatic heterocycles. The second-order valence-corrected chi connectivity index (χ2v) is 6.73. The number of esters is 1. The van der Waals surface area contributed by atoms with Crippen molar-refractivity contribution in [3.63, 3.8) is 0 Å². The molecule has 6 heteroatoms. The third-order valence-electron chi connectivity index (χ3n) is 3.57. The molecule has 126 valence electrons. The van der Waals surface area contributed by atoms with Gasteiger partial charge in [0.2, 0.25) is 5.66 Å². The number of nitrogen functional groups attached to an aromatic ring is 1. The Kier molecular flexibility index (Phi) is 4.82. The van der Waals surface area contributed by atoms with Gasteiger partial charge in [0, 0.05) is 24.5 Å². The summed E-state index contributed by atoms with van der Waals surface area (Å²) in [5, 5.41) is 6.05. The van der Waals surface area contributed by atoms with Crippen molar-refractivity contribution in [1.82, 2.24) is 10.6 Å². The number of ether oxygens (including phenoxy) is 1. The molecule has 0 saturated carbocycles. The van der Waals surface area contributed by atoms with E-state index in [1.807, 2.05) is 20.8 Å². The van der Waals surface area contributed by atoms with Crippen LogP contribution < -0.4 is 16.4 Å². The van der Waals surface area contributed by atoms with E-state index < -0.39 is 11.3 Å². The van der Waals surface area contributed by atoms with Crippen LogP contribution in [-0.4, -0.2) is 17.2 Å². The first-order valence-electron chi connectivity index (χ1n) is 7.70. The summed E-state index contributed by atoms with van der Waals surface area (Å²) in [6.07, 6.45) is 4.95. The standard InChI is InChI=1S/C17H24FN3O2/c1-16(2,3)23-15(22)17(20-9-10-21-17)8-4-5-12-6-7-13(19)11-14(12)18/h6-7,9-11,20-21H,4-5,8,19H2,1-3H3. The van der Waals surface area contributed by atoms with Gasteiger partial charge in [0.25, 0.3) is 0 Å². The highest BCUT2D eigenvalue weighted by atomic mass is 19.1. The molecule has 0 aromatic heterocycles. The average Bonchev–Trinajstić information content (AvgIpc) is 2.89. The van der Waals surface area contributed by atoms with Crippen molar-refractivity contribution in [1.29, 1.82) is 0 Å². The van der Waals surface area contributed by atoms with Crippen LogP contribution >= 0.6 is 0 Å². The fourth-order valence-electron chi connectivity index (χ4n) is 2.45. The first-order chi connectivity index (χ1) is 10.7. The first kappa shape index (κ1) is 17.1. The van der Waals surface area contributed by atoms with Crippen molar-refractivity contribution in [3.05, 3.63) is 42.0 Å². The molecule has 0 saturated heterocycles.